The highest BCUT2D eigenvalue weighted by Gasteiger charge is 2.31. The van der Waals surface area contributed by atoms with E-state index in [9.17, 15) is 33.6 Å². The molecule has 0 saturated heterocycles. The minimum Gasteiger partial charge on any atom is -0.481 e. The van der Waals surface area contributed by atoms with E-state index < -0.39 is 78.5 Å². The maximum atomic E-state index is 12.8. The summed E-state index contributed by atoms with van der Waals surface area (Å²) in [5, 5.41) is 33.3. The lowest BCUT2D eigenvalue weighted by Crippen LogP contribution is -2.57. The number of carboxylic acids is 3. The Hall–Kier alpha value is -3.40. The zero-order chi connectivity index (χ0) is 26.4. The molecule has 4 atom stereocenters. The van der Waals surface area contributed by atoms with Gasteiger partial charge in [0.25, 0.3) is 0 Å². The number of nitrogens with one attached hydrogen (secondary N) is 3. The van der Waals surface area contributed by atoms with Crippen LogP contribution in [0.1, 0.15) is 32.1 Å². The van der Waals surface area contributed by atoms with Crippen molar-refractivity contribution in [1.82, 2.24) is 16.0 Å². The molecule has 4 unspecified atom stereocenters. The van der Waals surface area contributed by atoms with Gasteiger partial charge in [0, 0.05) is 6.42 Å². The van der Waals surface area contributed by atoms with Crippen molar-refractivity contribution in [3.63, 3.8) is 0 Å². The SMILES string of the molecule is CSCCC(NC(=O)C(CCC(N)=O)NC(=O)C(N)CC(=O)O)C(=O)NC(CC(=O)O)C(=O)O. The van der Waals surface area contributed by atoms with E-state index in [1.807, 2.05) is 5.32 Å². The third kappa shape index (κ3) is 12.6. The van der Waals surface area contributed by atoms with Crippen LogP contribution in [0.2, 0.25) is 0 Å². The molecule has 0 aromatic heterocycles. The predicted molar refractivity (Wildman–Crippen MR) is 117 cm³/mol. The topological polar surface area (TPSA) is 268 Å². The van der Waals surface area contributed by atoms with Gasteiger partial charge < -0.3 is 42.7 Å². The van der Waals surface area contributed by atoms with Gasteiger partial charge in [-0.25, -0.2) is 4.79 Å². The van der Waals surface area contributed by atoms with Gasteiger partial charge in [-0.3, -0.25) is 28.8 Å². The normalized spacial score (nSPS) is 14.1. The monoisotopic (exact) mass is 507 g/mol. The Balaban J connectivity index is 5.55. The molecule has 0 spiro atoms. The second kappa shape index (κ2) is 15.4. The number of rotatable bonds is 17. The molecule has 0 aromatic rings. The number of hydrogen-bond donors (Lipinski definition) is 8. The van der Waals surface area contributed by atoms with Gasteiger partial charge in [0.1, 0.15) is 18.1 Å². The van der Waals surface area contributed by atoms with Crippen LogP contribution in [0, 0.1) is 0 Å². The average molecular weight is 508 g/mol. The lowest BCUT2D eigenvalue weighted by Gasteiger charge is -2.24. The second-order valence-corrected chi connectivity index (χ2v) is 8.10. The molecule has 15 nitrogen and oxygen atoms in total. The first kappa shape index (κ1) is 30.6. The Morgan fingerprint density at radius 2 is 1.24 bits per heavy atom. The van der Waals surface area contributed by atoms with Gasteiger partial charge in [-0.1, -0.05) is 0 Å². The zero-order valence-electron chi connectivity index (χ0n) is 18.3. The minimum absolute atomic E-state index is 0.0210. The standard InChI is InChI=1S/C18H29N5O10S/c1-34-5-4-10(17(31)23-11(18(32)33)7-14(27)28)22-16(30)9(2-3-12(20)24)21-15(29)8(19)6-13(25)26/h8-11H,2-7,19H2,1H3,(H2,20,24)(H,21,29)(H,22,30)(H,23,31)(H,25,26)(H,27,28)(H,32,33). The summed E-state index contributed by atoms with van der Waals surface area (Å²) < 4.78 is 0. The van der Waals surface area contributed by atoms with Crippen LogP contribution >= 0.6 is 11.8 Å². The number of thioether (sulfide) groups is 1. The highest BCUT2D eigenvalue weighted by atomic mass is 32.2. The molecule has 0 saturated carbocycles. The fraction of sp³-hybridized carbons (Fsp3) is 0.611. The molecule has 0 radical (unpaired) electrons. The molecule has 0 rings (SSSR count). The number of aliphatic carboxylic acids is 3. The molecule has 34 heavy (non-hydrogen) atoms. The second-order valence-electron chi connectivity index (χ2n) is 7.11. The van der Waals surface area contributed by atoms with Crippen molar-refractivity contribution in [2.45, 2.75) is 56.3 Å². The highest BCUT2D eigenvalue weighted by Crippen LogP contribution is 2.06. The maximum absolute atomic E-state index is 12.8. The van der Waals surface area contributed by atoms with Crippen molar-refractivity contribution in [2.24, 2.45) is 11.5 Å². The number of nitrogens with two attached hydrogens (primary N) is 2. The highest BCUT2D eigenvalue weighted by molar-refractivity contribution is 7.98. The van der Waals surface area contributed by atoms with E-state index in [-0.39, 0.29) is 19.3 Å². The smallest absolute Gasteiger partial charge is 0.326 e. The summed E-state index contributed by atoms with van der Waals surface area (Å²) in [6.07, 6.45) is -0.527. The largest absolute Gasteiger partial charge is 0.481 e. The summed E-state index contributed by atoms with van der Waals surface area (Å²) in [6, 6.07) is -5.97. The Bertz CT molecular complexity index is 793. The van der Waals surface area contributed by atoms with E-state index in [1.54, 1.807) is 6.26 Å². The van der Waals surface area contributed by atoms with E-state index in [0.717, 1.165) is 0 Å². The van der Waals surface area contributed by atoms with Crippen LogP contribution in [0.3, 0.4) is 0 Å². The van der Waals surface area contributed by atoms with Gasteiger partial charge in [0.2, 0.25) is 23.6 Å². The third-order valence-corrected chi connectivity index (χ3v) is 4.92. The fourth-order valence-electron chi connectivity index (χ4n) is 2.54. The molecule has 0 aliphatic carbocycles. The van der Waals surface area contributed by atoms with E-state index >= 15 is 0 Å². The Labute approximate surface area is 198 Å². The van der Waals surface area contributed by atoms with E-state index in [4.69, 9.17) is 26.8 Å². The predicted octanol–water partition coefficient (Wildman–Crippen LogP) is -3.18. The molecule has 0 aliphatic heterocycles. The molecule has 4 amide bonds. The van der Waals surface area contributed by atoms with Gasteiger partial charge in [-0.2, -0.15) is 11.8 Å². The molecule has 0 heterocycles. The summed E-state index contributed by atoms with van der Waals surface area (Å²) in [4.78, 5) is 81.5. The van der Waals surface area contributed by atoms with Crippen LogP contribution < -0.4 is 27.4 Å². The van der Waals surface area contributed by atoms with Crippen LogP contribution in [0.15, 0.2) is 0 Å². The van der Waals surface area contributed by atoms with Gasteiger partial charge in [0.05, 0.1) is 18.9 Å². The van der Waals surface area contributed by atoms with Crippen molar-refractivity contribution < 1.29 is 48.9 Å². The summed E-state index contributed by atoms with van der Waals surface area (Å²) in [5.41, 5.74) is 10.6. The Kier molecular flexibility index (Phi) is 13.9. The lowest BCUT2D eigenvalue weighted by molar-refractivity contribution is -0.147. The van der Waals surface area contributed by atoms with Crippen LogP contribution in [0.5, 0.6) is 0 Å². The maximum Gasteiger partial charge on any atom is 0.326 e. The van der Waals surface area contributed by atoms with E-state index in [2.05, 4.69) is 10.6 Å². The molecule has 16 heteroatoms. The van der Waals surface area contributed by atoms with Crippen molar-refractivity contribution in [3.8, 4) is 0 Å². The number of carboxylic acid groups (broad SMARTS) is 3. The van der Waals surface area contributed by atoms with Crippen LogP contribution in [-0.4, -0.2) is 93.0 Å². The van der Waals surface area contributed by atoms with Crippen molar-refractivity contribution in [3.05, 3.63) is 0 Å². The number of primary amides is 1. The van der Waals surface area contributed by atoms with E-state index in [1.165, 1.54) is 11.8 Å². The van der Waals surface area contributed by atoms with Gasteiger partial charge in [0.15, 0.2) is 0 Å². The molecular formula is C18H29N5O10S. The van der Waals surface area contributed by atoms with Gasteiger partial charge in [-0.15, -0.1) is 0 Å². The minimum atomic E-state index is -1.75. The molecule has 0 bridgehead atoms. The number of carbonyl (C=O) groups excluding carboxylic acids is 4. The average Bonchev–Trinajstić information content (AvgIpc) is 2.71. The molecule has 0 aromatic carbocycles. The molecule has 10 N–H and O–H groups in total. The first-order chi connectivity index (χ1) is 15.8. The van der Waals surface area contributed by atoms with Crippen molar-refractivity contribution in [2.75, 3.05) is 12.0 Å². The fourth-order valence-corrected chi connectivity index (χ4v) is 3.01. The summed E-state index contributed by atoms with van der Waals surface area (Å²) in [6.45, 7) is 0. The molecule has 0 aliphatic rings. The lowest BCUT2D eigenvalue weighted by atomic mass is 10.1. The van der Waals surface area contributed by atoms with Crippen LogP contribution in [-0.2, 0) is 33.6 Å². The summed E-state index contributed by atoms with van der Waals surface area (Å²) in [5.74, 6) is -7.78. The first-order valence-electron chi connectivity index (χ1n) is 9.88. The van der Waals surface area contributed by atoms with Crippen LogP contribution in [0.4, 0.5) is 0 Å². The summed E-state index contributed by atoms with van der Waals surface area (Å²) in [7, 11) is 0. The van der Waals surface area contributed by atoms with Crippen molar-refractivity contribution >= 4 is 53.3 Å². The Morgan fingerprint density at radius 1 is 0.765 bits per heavy atom. The molecular weight excluding hydrogens is 478 g/mol. The number of amides is 4. The van der Waals surface area contributed by atoms with Crippen LogP contribution in [0.25, 0.3) is 0 Å². The first-order valence-corrected chi connectivity index (χ1v) is 11.3. The summed E-state index contributed by atoms with van der Waals surface area (Å²) >= 11 is 1.31. The third-order valence-electron chi connectivity index (χ3n) is 4.28. The van der Waals surface area contributed by atoms with E-state index in [0.29, 0.717) is 5.75 Å². The quantitative estimate of drug-likeness (QED) is 0.0968. The number of hydrogen-bond acceptors (Lipinski definition) is 9. The molecule has 0 fully saturated rings. The Morgan fingerprint density at radius 3 is 1.68 bits per heavy atom. The van der Waals surface area contributed by atoms with Crippen molar-refractivity contribution in [1.29, 1.82) is 0 Å². The zero-order valence-corrected chi connectivity index (χ0v) is 19.1. The number of carbonyl (C=O) groups is 7. The van der Waals surface area contributed by atoms with Gasteiger partial charge >= 0.3 is 17.9 Å². The van der Waals surface area contributed by atoms with Gasteiger partial charge in [-0.05, 0) is 24.9 Å². The molecule has 192 valence electrons.